The number of carbonyl (C=O) groups is 1. The summed E-state index contributed by atoms with van der Waals surface area (Å²) in [5.74, 6) is -1.66. The second kappa shape index (κ2) is 4.41. The largest absolute Gasteiger partial charge is 0.489 e. The van der Waals surface area contributed by atoms with Crippen LogP contribution in [-0.2, 0) is 24.9 Å². The molecule has 1 amide bonds. The van der Waals surface area contributed by atoms with Gasteiger partial charge < -0.3 is 0 Å². The molecule has 0 aromatic rings. The number of amides is 1. The molecule has 2 N–H and O–H groups in total. The summed E-state index contributed by atoms with van der Waals surface area (Å²) in [4.78, 5) is 11.2. The van der Waals surface area contributed by atoms with Crippen molar-refractivity contribution in [1.29, 1.82) is 5.26 Å². The molecule has 0 saturated heterocycles. The average Bonchev–Trinajstić information content (AvgIpc) is 2.14. The molecule has 0 fully saturated rings. The van der Waals surface area contributed by atoms with E-state index < -0.39 is 36.1 Å². The molecule has 0 atom stereocenters. The third-order valence-corrected chi connectivity index (χ3v) is 4.66. The molecular formula is C6H8F2N2O6S2. The summed E-state index contributed by atoms with van der Waals surface area (Å²) in [5.41, 5.74) is -1.98. The van der Waals surface area contributed by atoms with Crippen LogP contribution >= 0.6 is 0 Å². The van der Waals surface area contributed by atoms with Crippen LogP contribution in [-0.4, -0.2) is 31.9 Å². The zero-order chi connectivity index (χ0) is 15.0. The molecule has 0 rings (SSSR count). The van der Waals surface area contributed by atoms with Crippen LogP contribution in [0.15, 0.2) is 0 Å². The summed E-state index contributed by atoms with van der Waals surface area (Å²) in [7, 11) is -12.3. The van der Waals surface area contributed by atoms with Gasteiger partial charge in [0.2, 0.25) is 0 Å². The van der Waals surface area contributed by atoms with Crippen molar-refractivity contribution in [2.45, 2.75) is 18.4 Å². The SMILES string of the molecule is CC(C)(C#N)C(=O)NS(=O)(=O)C(F)(F)S(=O)(=O)O. The minimum atomic E-state index is -6.28. The molecule has 12 heteroatoms. The van der Waals surface area contributed by atoms with Crippen LogP contribution in [0.1, 0.15) is 13.8 Å². The maximum absolute atomic E-state index is 12.8. The van der Waals surface area contributed by atoms with Crippen LogP contribution in [0, 0.1) is 16.7 Å². The number of hydrogen-bond acceptors (Lipinski definition) is 6. The minimum absolute atomic E-state index is 0.716. The lowest BCUT2D eigenvalue weighted by Gasteiger charge is -2.18. The molecule has 8 nitrogen and oxygen atoms in total. The topological polar surface area (TPSA) is 141 Å². The summed E-state index contributed by atoms with van der Waals surface area (Å²) in [6.07, 6.45) is 0. The number of sulfonamides is 1. The number of nitrogens with zero attached hydrogens (tertiary/aromatic N) is 1. The van der Waals surface area contributed by atoms with Gasteiger partial charge in [0.05, 0.1) is 6.07 Å². The molecule has 0 aliphatic rings. The quantitative estimate of drug-likeness (QED) is 0.662. The lowest BCUT2D eigenvalue weighted by molar-refractivity contribution is -0.125. The fourth-order valence-corrected chi connectivity index (χ4v) is 2.35. The Kier molecular flexibility index (Phi) is 4.09. The molecule has 104 valence electrons. The molecule has 0 aliphatic heterocycles. The van der Waals surface area contributed by atoms with E-state index in [2.05, 4.69) is 0 Å². The number of halogens is 2. The summed E-state index contributed by atoms with van der Waals surface area (Å²) in [5, 5.41) is 8.46. The lowest BCUT2D eigenvalue weighted by atomic mass is 9.95. The number of alkyl halides is 2. The van der Waals surface area contributed by atoms with E-state index in [9.17, 15) is 30.4 Å². The monoisotopic (exact) mass is 306 g/mol. The molecule has 0 unspecified atom stereocenters. The Bertz CT molecular complexity index is 600. The van der Waals surface area contributed by atoms with Gasteiger partial charge in [-0.25, -0.2) is 4.72 Å². The van der Waals surface area contributed by atoms with Gasteiger partial charge in [-0.15, -0.1) is 0 Å². The molecule has 0 heterocycles. The zero-order valence-electron chi connectivity index (χ0n) is 9.01. The molecule has 0 aromatic carbocycles. The summed E-state index contributed by atoms with van der Waals surface area (Å²) in [6, 6.07) is 1.32. The molecule has 18 heavy (non-hydrogen) atoms. The van der Waals surface area contributed by atoms with Gasteiger partial charge in [-0.3, -0.25) is 9.35 Å². The van der Waals surface area contributed by atoms with E-state index in [1.807, 2.05) is 0 Å². The molecular weight excluding hydrogens is 298 g/mol. The highest BCUT2D eigenvalue weighted by atomic mass is 32.3. The number of rotatable bonds is 4. The molecule has 0 saturated carbocycles. The van der Waals surface area contributed by atoms with Gasteiger partial charge in [-0.2, -0.15) is 30.9 Å². The molecule has 0 bridgehead atoms. The van der Waals surface area contributed by atoms with Crippen molar-refractivity contribution in [2.75, 3.05) is 0 Å². The number of carbonyl (C=O) groups excluding carboxylic acids is 1. The van der Waals surface area contributed by atoms with Gasteiger partial charge in [0.15, 0.2) is 0 Å². The number of hydrogen-bond donors (Lipinski definition) is 2. The van der Waals surface area contributed by atoms with Crippen molar-refractivity contribution < 1.29 is 35.0 Å². The fraction of sp³-hybridized carbons (Fsp3) is 0.667. The van der Waals surface area contributed by atoms with Crippen LogP contribution in [0.2, 0.25) is 0 Å². The highest BCUT2D eigenvalue weighted by molar-refractivity contribution is 8.06. The van der Waals surface area contributed by atoms with E-state index >= 15 is 0 Å². The van der Waals surface area contributed by atoms with Crippen molar-refractivity contribution in [1.82, 2.24) is 4.72 Å². The van der Waals surface area contributed by atoms with Crippen LogP contribution < -0.4 is 4.72 Å². The van der Waals surface area contributed by atoms with Gasteiger partial charge in [-0.1, -0.05) is 0 Å². The summed E-state index contributed by atoms with van der Waals surface area (Å²) < 4.78 is 71.2. The van der Waals surface area contributed by atoms with Crippen molar-refractivity contribution >= 4 is 26.0 Å². The van der Waals surface area contributed by atoms with Crippen LogP contribution in [0.25, 0.3) is 0 Å². The Hall–Kier alpha value is -1.32. The van der Waals surface area contributed by atoms with E-state index in [1.165, 1.54) is 6.07 Å². The third-order valence-electron chi connectivity index (χ3n) is 1.69. The molecule has 0 spiro atoms. The number of nitrogens with one attached hydrogen (secondary N) is 1. The van der Waals surface area contributed by atoms with E-state index in [-0.39, 0.29) is 0 Å². The second-order valence-electron chi connectivity index (χ2n) is 3.61. The first-order valence-electron chi connectivity index (χ1n) is 4.02. The lowest BCUT2D eigenvalue weighted by Crippen LogP contribution is -2.50. The highest BCUT2D eigenvalue weighted by Crippen LogP contribution is 2.27. The highest BCUT2D eigenvalue weighted by Gasteiger charge is 2.59. The Morgan fingerprint density at radius 3 is 1.94 bits per heavy atom. The molecule has 0 aromatic heterocycles. The van der Waals surface area contributed by atoms with E-state index in [4.69, 9.17) is 9.81 Å². The van der Waals surface area contributed by atoms with E-state index in [0.29, 0.717) is 4.72 Å². The zero-order valence-corrected chi connectivity index (χ0v) is 10.6. The first-order valence-corrected chi connectivity index (χ1v) is 6.94. The first kappa shape index (κ1) is 16.7. The van der Waals surface area contributed by atoms with Crippen molar-refractivity contribution in [3.8, 4) is 6.07 Å². The predicted molar refractivity (Wildman–Crippen MR) is 53.0 cm³/mol. The third kappa shape index (κ3) is 2.92. The normalized spacial score (nSPS) is 13.8. The smallest absolute Gasteiger partial charge is 0.280 e. The Morgan fingerprint density at radius 2 is 1.67 bits per heavy atom. The Morgan fingerprint density at radius 1 is 1.28 bits per heavy atom. The fourth-order valence-electron chi connectivity index (χ4n) is 0.498. The minimum Gasteiger partial charge on any atom is -0.280 e. The van der Waals surface area contributed by atoms with Gasteiger partial charge in [0.25, 0.3) is 5.91 Å². The Labute approximate surface area is 101 Å². The van der Waals surface area contributed by atoms with Gasteiger partial charge in [-0.05, 0) is 13.8 Å². The van der Waals surface area contributed by atoms with Crippen LogP contribution in [0.3, 0.4) is 0 Å². The summed E-state index contributed by atoms with van der Waals surface area (Å²) >= 11 is 0. The second-order valence-corrected chi connectivity index (χ2v) is 7.05. The van der Waals surface area contributed by atoms with Gasteiger partial charge in [0, 0.05) is 0 Å². The van der Waals surface area contributed by atoms with E-state index in [1.54, 1.807) is 0 Å². The van der Waals surface area contributed by atoms with Gasteiger partial charge >= 0.3 is 24.7 Å². The Balaban J connectivity index is 5.52. The standard InChI is InChI=1S/C6H8F2N2O6S2/c1-5(2,3-9)4(11)10-17(12,13)6(7,8)18(14,15)16/h1-2H3,(H,10,11)(H,14,15,16). The predicted octanol–water partition coefficient (Wildman–Crippen LogP) is -0.580. The van der Waals surface area contributed by atoms with Crippen molar-refractivity contribution in [3.05, 3.63) is 0 Å². The summed E-state index contributed by atoms with van der Waals surface area (Å²) in [6.45, 7) is 1.84. The van der Waals surface area contributed by atoms with Crippen LogP contribution in [0.4, 0.5) is 8.78 Å². The molecule has 0 aliphatic carbocycles. The van der Waals surface area contributed by atoms with Gasteiger partial charge in [0.1, 0.15) is 5.41 Å². The molecule has 0 radical (unpaired) electrons. The van der Waals surface area contributed by atoms with Crippen LogP contribution in [0.5, 0.6) is 0 Å². The average molecular weight is 306 g/mol. The number of nitriles is 1. The maximum atomic E-state index is 12.8. The first-order chi connectivity index (χ1) is 7.69. The van der Waals surface area contributed by atoms with E-state index in [0.717, 1.165) is 13.8 Å². The maximum Gasteiger partial charge on any atom is 0.489 e. The van der Waals surface area contributed by atoms with Crippen molar-refractivity contribution in [3.63, 3.8) is 0 Å². The van der Waals surface area contributed by atoms with Crippen molar-refractivity contribution in [2.24, 2.45) is 5.41 Å².